The number of unbranched alkanes of at least 4 members (excludes halogenated alkanes) is 1. The Kier molecular flexibility index (Phi) is 10.9. The first-order chi connectivity index (χ1) is 9.22. The number of carbonyl (C=O) groups is 1. The molecule has 1 rings (SSSR count). The maximum Gasteiger partial charge on any atom is 0.308 e. The average molecular weight is 397 g/mol. The molecule has 0 spiro atoms. The van der Waals surface area contributed by atoms with E-state index in [-0.39, 0.29) is 35.9 Å². The number of esters is 1. The highest BCUT2D eigenvalue weighted by Crippen LogP contribution is 2.18. The molecule has 0 saturated carbocycles. The number of rotatable bonds is 5. The summed E-state index contributed by atoms with van der Waals surface area (Å²) >= 11 is 0. The molecule has 0 bridgehead atoms. The summed E-state index contributed by atoms with van der Waals surface area (Å²) in [6, 6.07) is 0. The molecule has 0 unspecified atom stereocenters. The Morgan fingerprint density at radius 1 is 1.35 bits per heavy atom. The number of nitrogens with one attached hydrogen (secondary N) is 1. The zero-order valence-electron chi connectivity index (χ0n) is 12.9. The number of aliphatic imine (C=N–C) groups is 1. The maximum atomic E-state index is 11.5. The summed E-state index contributed by atoms with van der Waals surface area (Å²) in [5.74, 6) is 0.964. The summed E-state index contributed by atoms with van der Waals surface area (Å²) < 4.78 is 4.81. The van der Waals surface area contributed by atoms with E-state index in [1.807, 2.05) is 0 Å². The van der Waals surface area contributed by atoms with E-state index in [1.54, 1.807) is 0 Å². The van der Waals surface area contributed by atoms with Gasteiger partial charge in [-0.2, -0.15) is 0 Å². The highest BCUT2D eigenvalue weighted by atomic mass is 127. The van der Waals surface area contributed by atoms with Gasteiger partial charge in [0, 0.05) is 26.2 Å². The van der Waals surface area contributed by atoms with Crippen LogP contribution in [0.15, 0.2) is 4.99 Å². The van der Waals surface area contributed by atoms with E-state index < -0.39 is 0 Å². The monoisotopic (exact) mass is 397 g/mol. The molecule has 5 nitrogen and oxygen atoms in total. The number of carbonyl (C=O) groups excluding carboxylic acids is 1. The van der Waals surface area contributed by atoms with Crippen LogP contribution in [0.5, 0.6) is 0 Å². The Morgan fingerprint density at radius 3 is 2.50 bits per heavy atom. The molecular weight excluding hydrogens is 369 g/mol. The molecule has 0 amide bonds. The lowest BCUT2D eigenvalue weighted by Crippen LogP contribution is -2.46. The molecule has 0 radical (unpaired) electrons. The largest absolute Gasteiger partial charge is 0.469 e. The van der Waals surface area contributed by atoms with Crippen LogP contribution in [0.25, 0.3) is 0 Å². The zero-order chi connectivity index (χ0) is 14.1. The van der Waals surface area contributed by atoms with Gasteiger partial charge in [0.2, 0.25) is 0 Å². The van der Waals surface area contributed by atoms with Gasteiger partial charge in [0.15, 0.2) is 5.96 Å². The van der Waals surface area contributed by atoms with Crippen molar-refractivity contribution in [3.63, 3.8) is 0 Å². The average Bonchev–Trinajstić information content (AvgIpc) is 2.46. The number of piperidine rings is 1. The van der Waals surface area contributed by atoms with Gasteiger partial charge in [0.1, 0.15) is 0 Å². The summed E-state index contributed by atoms with van der Waals surface area (Å²) in [7, 11) is 1.46. The summed E-state index contributed by atoms with van der Waals surface area (Å²) in [5.41, 5.74) is 0. The van der Waals surface area contributed by atoms with Gasteiger partial charge in [0.05, 0.1) is 13.0 Å². The van der Waals surface area contributed by atoms with Crippen LogP contribution >= 0.6 is 24.0 Å². The highest BCUT2D eigenvalue weighted by Gasteiger charge is 2.26. The normalized spacial score (nSPS) is 16.6. The lowest BCUT2D eigenvalue weighted by Gasteiger charge is -2.33. The van der Waals surface area contributed by atoms with Crippen molar-refractivity contribution in [2.45, 2.75) is 39.5 Å². The molecule has 1 saturated heterocycles. The molecule has 0 aliphatic carbocycles. The lowest BCUT2D eigenvalue weighted by molar-refractivity contribution is -0.146. The first kappa shape index (κ1) is 19.5. The number of methoxy groups -OCH3 is 1. The highest BCUT2D eigenvalue weighted by molar-refractivity contribution is 14.0. The van der Waals surface area contributed by atoms with Crippen molar-refractivity contribution in [2.75, 3.05) is 33.3 Å². The molecule has 20 heavy (non-hydrogen) atoms. The SMILES string of the molecule is CCCCN=C(NCC)N1CCC(C(=O)OC)CC1.I. The van der Waals surface area contributed by atoms with E-state index >= 15 is 0 Å². The van der Waals surface area contributed by atoms with Crippen LogP contribution in [0.2, 0.25) is 0 Å². The second kappa shape index (κ2) is 11.2. The number of nitrogens with zero attached hydrogens (tertiary/aromatic N) is 2. The van der Waals surface area contributed by atoms with Crippen molar-refractivity contribution in [1.82, 2.24) is 10.2 Å². The molecule has 1 fully saturated rings. The number of halogens is 1. The first-order valence-electron chi connectivity index (χ1n) is 7.34. The summed E-state index contributed by atoms with van der Waals surface area (Å²) in [6.07, 6.45) is 3.98. The Morgan fingerprint density at radius 2 is 2.00 bits per heavy atom. The van der Waals surface area contributed by atoms with E-state index in [4.69, 9.17) is 4.74 Å². The third kappa shape index (κ3) is 6.28. The predicted molar refractivity (Wildman–Crippen MR) is 92.6 cm³/mol. The van der Waals surface area contributed by atoms with E-state index in [2.05, 4.69) is 29.1 Å². The van der Waals surface area contributed by atoms with Crippen molar-refractivity contribution >= 4 is 35.9 Å². The quantitative estimate of drug-likeness (QED) is 0.254. The van der Waals surface area contributed by atoms with Crippen molar-refractivity contribution in [3.05, 3.63) is 0 Å². The second-order valence-corrected chi connectivity index (χ2v) is 4.87. The van der Waals surface area contributed by atoms with Crippen molar-refractivity contribution < 1.29 is 9.53 Å². The number of likely N-dealkylation sites (tertiary alicyclic amines) is 1. The van der Waals surface area contributed by atoms with Crippen LogP contribution in [0.3, 0.4) is 0 Å². The summed E-state index contributed by atoms with van der Waals surface area (Å²) in [4.78, 5) is 18.4. The van der Waals surface area contributed by atoms with Crippen LogP contribution < -0.4 is 5.32 Å². The van der Waals surface area contributed by atoms with E-state index in [9.17, 15) is 4.79 Å². The van der Waals surface area contributed by atoms with Gasteiger partial charge >= 0.3 is 5.97 Å². The molecule has 1 aliphatic heterocycles. The number of hydrogen-bond donors (Lipinski definition) is 1. The lowest BCUT2D eigenvalue weighted by atomic mass is 9.97. The fourth-order valence-electron chi connectivity index (χ4n) is 2.26. The minimum Gasteiger partial charge on any atom is -0.469 e. The van der Waals surface area contributed by atoms with Crippen molar-refractivity contribution in [1.29, 1.82) is 0 Å². The fourth-order valence-corrected chi connectivity index (χ4v) is 2.26. The molecule has 1 heterocycles. The Hall–Kier alpha value is -0.530. The van der Waals surface area contributed by atoms with Crippen molar-refractivity contribution in [3.8, 4) is 0 Å². The molecule has 1 N–H and O–H groups in total. The summed E-state index contributed by atoms with van der Waals surface area (Å²) in [5, 5.41) is 3.33. The topological polar surface area (TPSA) is 53.9 Å². The van der Waals surface area contributed by atoms with Gasteiger partial charge in [-0.05, 0) is 26.2 Å². The van der Waals surface area contributed by atoms with Crippen LogP contribution in [0.4, 0.5) is 0 Å². The molecule has 0 aromatic carbocycles. The van der Waals surface area contributed by atoms with Gasteiger partial charge in [-0.3, -0.25) is 9.79 Å². The molecule has 6 heteroatoms. The fraction of sp³-hybridized carbons (Fsp3) is 0.857. The Balaban J connectivity index is 0.00000361. The molecule has 1 aliphatic rings. The minimum atomic E-state index is -0.0763. The van der Waals surface area contributed by atoms with Crippen LogP contribution in [-0.4, -0.2) is 50.1 Å². The van der Waals surface area contributed by atoms with E-state index in [0.29, 0.717) is 0 Å². The Labute approximate surface area is 139 Å². The van der Waals surface area contributed by atoms with Crippen molar-refractivity contribution in [2.24, 2.45) is 10.9 Å². The molecular formula is C14H28IN3O2. The predicted octanol–water partition coefficient (Wildman–Crippen LogP) is 2.26. The van der Waals surface area contributed by atoms with Gasteiger partial charge in [-0.25, -0.2) is 0 Å². The molecule has 0 aromatic heterocycles. The number of guanidine groups is 1. The molecule has 118 valence electrons. The summed E-state index contributed by atoms with van der Waals surface area (Å²) in [6.45, 7) is 7.74. The molecule has 0 aromatic rings. The standard InChI is InChI=1S/C14H27N3O2.HI/c1-4-6-9-16-14(15-5-2)17-10-7-12(8-11-17)13(18)19-3;/h12H,4-11H2,1-3H3,(H,15,16);1H. The third-order valence-corrected chi connectivity index (χ3v) is 3.44. The second-order valence-electron chi connectivity index (χ2n) is 4.87. The van der Waals surface area contributed by atoms with Gasteiger partial charge < -0.3 is 15.0 Å². The zero-order valence-corrected chi connectivity index (χ0v) is 15.2. The Bertz CT molecular complexity index is 303. The molecule has 0 atom stereocenters. The van der Waals surface area contributed by atoms with E-state index in [0.717, 1.165) is 57.8 Å². The third-order valence-electron chi connectivity index (χ3n) is 3.44. The van der Waals surface area contributed by atoms with E-state index in [1.165, 1.54) is 7.11 Å². The number of hydrogen-bond acceptors (Lipinski definition) is 3. The first-order valence-corrected chi connectivity index (χ1v) is 7.34. The van der Waals surface area contributed by atoms with Crippen LogP contribution in [0.1, 0.15) is 39.5 Å². The smallest absolute Gasteiger partial charge is 0.308 e. The van der Waals surface area contributed by atoms with Gasteiger partial charge in [-0.1, -0.05) is 13.3 Å². The van der Waals surface area contributed by atoms with Gasteiger partial charge in [-0.15, -0.1) is 24.0 Å². The minimum absolute atomic E-state index is 0. The van der Waals surface area contributed by atoms with Gasteiger partial charge in [0.25, 0.3) is 0 Å². The van der Waals surface area contributed by atoms with Crippen LogP contribution in [-0.2, 0) is 9.53 Å². The van der Waals surface area contributed by atoms with Crippen LogP contribution in [0, 0.1) is 5.92 Å². The maximum absolute atomic E-state index is 11.5. The number of ether oxygens (including phenoxy) is 1.